The first-order chi connectivity index (χ1) is 13.6. The largest absolute Gasteiger partial charge is 0.493 e. The molecule has 0 unspecified atom stereocenters. The lowest BCUT2D eigenvalue weighted by Crippen LogP contribution is -2.29. The summed E-state index contributed by atoms with van der Waals surface area (Å²) in [6.07, 6.45) is -2.57. The van der Waals surface area contributed by atoms with Crippen LogP contribution in [-0.2, 0) is 4.79 Å². The van der Waals surface area contributed by atoms with Gasteiger partial charge in [0.05, 0.1) is 7.11 Å². The maximum absolute atomic E-state index is 12.3. The van der Waals surface area contributed by atoms with E-state index in [1.807, 2.05) is 0 Å². The fourth-order valence-electron chi connectivity index (χ4n) is 2.20. The van der Waals surface area contributed by atoms with E-state index in [1.165, 1.54) is 49.6 Å². The number of amides is 1. The number of benzene rings is 2. The zero-order valence-electron chi connectivity index (χ0n) is 14.8. The molecule has 0 bridgehead atoms. The standard InChI is InChI=1S/C19H14F5NO4/c1-28-16-10-12(6-8-15(16)29-18(20)21)14(26)7-5-11-3-2-4-13(9-11)25-17(27)19(22,23)24/h2-10,18H,1H3,(H,25,27)/b7-5+. The van der Waals surface area contributed by atoms with Gasteiger partial charge in [-0.1, -0.05) is 18.2 Å². The molecule has 0 aromatic heterocycles. The Morgan fingerprint density at radius 1 is 1.07 bits per heavy atom. The number of anilines is 1. The summed E-state index contributed by atoms with van der Waals surface area (Å²) in [5.41, 5.74) is 0.362. The lowest BCUT2D eigenvalue weighted by Gasteiger charge is -2.10. The summed E-state index contributed by atoms with van der Waals surface area (Å²) >= 11 is 0. The van der Waals surface area contributed by atoms with Gasteiger partial charge in [0, 0.05) is 11.3 Å². The quantitative estimate of drug-likeness (QED) is 0.405. The van der Waals surface area contributed by atoms with Crippen LogP contribution in [0.1, 0.15) is 15.9 Å². The second-order valence-electron chi connectivity index (χ2n) is 5.52. The number of allylic oxidation sites excluding steroid dienone is 1. The van der Waals surface area contributed by atoms with Crippen LogP contribution >= 0.6 is 0 Å². The van der Waals surface area contributed by atoms with Gasteiger partial charge in [0.15, 0.2) is 17.3 Å². The summed E-state index contributed by atoms with van der Waals surface area (Å²) < 4.78 is 70.8. The zero-order valence-corrected chi connectivity index (χ0v) is 14.8. The van der Waals surface area contributed by atoms with Crippen LogP contribution in [0.4, 0.5) is 27.6 Å². The number of alkyl halides is 5. The fourth-order valence-corrected chi connectivity index (χ4v) is 2.20. The number of hydrogen-bond donors (Lipinski definition) is 1. The molecule has 2 aromatic carbocycles. The molecule has 0 aliphatic heterocycles. The molecular weight excluding hydrogens is 401 g/mol. The molecule has 0 radical (unpaired) electrons. The van der Waals surface area contributed by atoms with Crippen LogP contribution in [0, 0.1) is 0 Å². The van der Waals surface area contributed by atoms with Crippen molar-refractivity contribution in [3.05, 3.63) is 59.7 Å². The number of ketones is 1. The van der Waals surface area contributed by atoms with Crippen LogP contribution in [0.15, 0.2) is 48.5 Å². The molecule has 0 saturated carbocycles. The first-order valence-corrected chi connectivity index (χ1v) is 7.93. The molecule has 0 spiro atoms. The molecule has 0 atom stereocenters. The van der Waals surface area contributed by atoms with Gasteiger partial charge in [-0.2, -0.15) is 22.0 Å². The third-order valence-electron chi connectivity index (χ3n) is 3.49. The Balaban J connectivity index is 2.15. The summed E-state index contributed by atoms with van der Waals surface area (Å²) in [5.74, 6) is -2.94. The number of halogens is 5. The van der Waals surface area contributed by atoms with Crippen molar-refractivity contribution < 1.29 is 41.0 Å². The van der Waals surface area contributed by atoms with Gasteiger partial charge in [0.1, 0.15) is 0 Å². The van der Waals surface area contributed by atoms with Crippen LogP contribution in [0.2, 0.25) is 0 Å². The third-order valence-corrected chi connectivity index (χ3v) is 3.49. The smallest absolute Gasteiger partial charge is 0.471 e. The highest BCUT2D eigenvalue weighted by atomic mass is 19.4. The molecule has 2 aromatic rings. The van der Waals surface area contributed by atoms with Crippen molar-refractivity contribution in [1.82, 2.24) is 0 Å². The Hall–Kier alpha value is -3.43. The predicted octanol–water partition coefficient (Wildman–Crippen LogP) is 4.69. The van der Waals surface area contributed by atoms with Gasteiger partial charge in [-0.3, -0.25) is 9.59 Å². The second-order valence-corrected chi connectivity index (χ2v) is 5.52. The summed E-state index contributed by atoms with van der Waals surface area (Å²) in [6.45, 7) is -3.06. The van der Waals surface area contributed by atoms with E-state index in [4.69, 9.17) is 4.74 Å². The maximum Gasteiger partial charge on any atom is 0.471 e. The van der Waals surface area contributed by atoms with Crippen LogP contribution in [-0.4, -0.2) is 31.6 Å². The molecule has 1 N–H and O–H groups in total. The van der Waals surface area contributed by atoms with Crippen molar-refractivity contribution in [3.63, 3.8) is 0 Å². The molecule has 0 saturated heterocycles. The number of hydrogen-bond acceptors (Lipinski definition) is 4. The number of ether oxygens (including phenoxy) is 2. The van der Waals surface area contributed by atoms with Gasteiger partial charge >= 0.3 is 18.7 Å². The molecule has 1 amide bonds. The van der Waals surface area contributed by atoms with E-state index in [2.05, 4.69) is 4.74 Å². The van der Waals surface area contributed by atoms with Gasteiger partial charge in [0.2, 0.25) is 0 Å². The van der Waals surface area contributed by atoms with E-state index in [1.54, 1.807) is 5.32 Å². The minimum absolute atomic E-state index is 0.0681. The number of rotatable bonds is 7. The van der Waals surface area contributed by atoms with E-state index in [9.17, 15) is 31.5 Å². The minimum atomic E-state index is -5.03. The van der Waals surface area contributed by atoms with Gasteiger partial charge in [-0.25, -0.2) is 0 Å². The highest BCUT2D eigenvalue weighted by molar-refractivity contribution is 6.07. The number of nitrogens with one attached hydrogen (secondary N) is 1. The van der Waals surface area contributed by atoms with Crippen molar-refractivity contribution in [3.8, 4) is 11.5 Å². The minimum Gasteiger partial charge on any atom is -0.493 e. The molecule has 154 valence electrons. The van der Waals surface area contributed by atoms with E-state index >= 15 is 0 Å². The number of carbonyl (C=O) groups is 2. The molecule has 10 heteroatoms. The average Bonchev–Trinajstić information content (AvgIpc) is 2.65. The molecule has 29 heavy (non-hydrogen) atoms. The highest BCUT2D eigenvalue weighted by Gasteiger charge is 2.38. The molecule has 0 aliphatic rings. The first-order valence-electron chi connectivity index (χ1n) is 7.93. The molecular formula is C19H14F5NO4. The topological polar surface area (TPSA) is 64.6 Å². The Morgan fingerprint density at radius 3 is 2.41 bits per heavy atom. The van der Waals surface area contributed by atoms with Gasteiger partial charge < -0.3 is 14.8 Å². The lowest BCUT2D eigenvalue weighted by atomic mass is 10.1. The maximum atomic E-state index is 12.3. The molecule has 5 nitrogen and oxygen atoms in total. The predicted molar refractivity (Wildman–Crippen MR) is 94.1 cm³/mol. The number of carbonyl (C=O) groups excluding carboxylic acids is 2. The fraction of sp³-hybridized carbons (Fsp3) is 0.158. The van der Waals surface area contributed by atoms with Crippen molar-refractivity contribution in [2.45, 2.75) is 12.8 Å². The Kier molecular flexibility index (Phi) is 6.92. The summed E-state index contributed by atoms with van der Waals surface area (Å²) in [5, 5.41) is 1.70. The third kappa shape index (κ3) is 6.30. The van der Waals surface area contributed by atoms with Crippen molar-refractivity contribution >= 4 is 23.5 Å². The van der Waals surface area contributed by atoms with Gasteiger partial charge in [0.25, 0.3) is 0 Å². The average molecular weight is 415 g/mol. The zero-order chi connectivity index (χ0) is 21.6. The van der Waals surface area contributed by atoms with Crippen LogP contribution in [0.5, 0.6) is 11.5 Å². The highest BCUT2D eigenvalue weighted by Crippen LogP contribution is 2.29. The Labute approximate surface area is 161 Å². The van der Waals surface area contributed by atoms with Crippen LogP contribution in [0.3, 0.4) is 0 Å². The normalized spacial score (nSPS) is 11.6. The number of methoxy groups -OCH3 is 1. The van der Waals surface area contributed by atoms with Gasteiger partial charge in [-0.15, -0.1) is 0 Å². The van der Waals surface area contributed by atoms with E-state index in [-0.39, 0.29) is 22.7 Å². The summed E-state index contributed by atoms with van der Waals surface area (Å²) in [7, 11) is 1.22. The van der Waals surface area contributed by atoms with E-state index < -0.39 is 24.5 Å². The summed E-state index contributed by atoms with van der Waals surface area (Å²) in [6, 6.07) is 9.03. The lowest BCUT2D eigenvalue weighted by molar-refractivity contribution is -0.167. The summed E-state index contributed by atoms with van der Waals surface area (Å²) in [4.78, 5) is 23.2. The molecule has 0 heterocycles. The monoisotopic (exact) mass is 415 g/mol. The Bertz CT molecular complexity index is 925. The molecule has 2 rings (SSSR count). The van der Waals surface area contributed by atoms with E-state index in [0.29, 0.717) is 5.56 Å². The molecule has 0 fully saturated rings. The van der Waals surface area contributed by atoms with Crippen LogP contribution in [0.25, 0.3) is 6.08 Å². The van der Waals surface area contributed by atoms with Crippen molar-refractivity contribution in [1.29, 1.82) is 0 Å². The Morgan fingerprint density at radius 2 is 1.79 bits per heavy atom. The SMILES string of the molecule is COc1cc(C(=O)/C=C/c2cccc(NC(=O)C(F)(F)F)c2)ccc1OC(F)F. The van der Waals surface area contributed by atoms with Crippen molar-refractivity contribution in [2.24, 2.45) is 0 Å². The molecule has 0 aliphatic carbocycles. The van der Waals surface area contributed by atoms with Gasteiger partial charge in [-0.05, 0) is 42.0 Å². The van der Waals surface area contributed by atoms with Crippen LogP contribution < -0.4 is 14.8 Å². The first kappa shape index (κ1) is 21.9. The van der Waals surface area contributed by atoms with E-state index in [0.717, 1.165) is 12.1 Å². The second kappa shape index (κ2) is 9.18. The van der Waals surface area contributed by atoms with Crippen molar-refractivity contribution in [2.75, 3.05) is 12.4 Å².